The van der Waals surface area contributed by atoms with Crippen LogP contribution in [-0.4, -0.2) is 22.7 Å². The van der Waals surface area contributed by atoms with Crippen LogP contribution in [0.3, 0.4) is 0 Å². The Bertz CT molecular complexity index is 90.5. The highest BCUT2D eigenvalue weighted by molar-refractivity contribution is 7.99. The van der Waals surface area contributed by atoms with Crippen molar-refractivity contribution in [1.82, 2.24) is 0 Å². The zero-order valence-electron chi connectivity index (χ0n) is 5.35. The maximum Gasteiger partial charge on any atom is 0.0689 e. The first-order chi connectivity index (χ1) is 3.63. The third-order valence-corrected chi connectivity index (χ3v) is 3.15. The van der Waals surface area contributed by atoms with E-state index in [-0.39, 0.29) is 11.5 Å². The highest BCUT2D eigenvalue weighted by Gasteiger charge is 2.33. The molecule has 0 amide bonds. The molecule has 0 radical (unpaired) electrons. The van der Waals surface area contributed by atoms with Crippen molar-refractivity contribution in [3.05, 3.63) is 0 Å². The molecule has 1 atom stereocenters. The molecular weight excluding hydrogens is 120 g/mol. The van der Waals surface area contributed by atoms with Crippen molar-refractivity contribution in [1.29, 1.82) is 0 Å². The SMILES string of the molecule is CC1(C)CSCC1O. The number of rotatable bonds is 0. The monoisotopic (exact) mass is 132 g/mol. The number of aliphatic hydroxyl groups excluding tert-OH is 1. The number of aliphatic hydroxyl groups is 1. The van der Waals surface area contributed by atoms with Crippen molar-refractivity contribution in [2.24, 2.45) is 5.41 Å². The van der Waals surface area contributed by atoms with Gasteiger partial charge >= 0.3 is 0 Å². The van der Waals surface area contributed by atoms with Crippen LogP contribution < -0.4 is 0 Å². The summed E-state index contributed by atoms with van der Waals surface area (Å²) in [7, 11) is 0. The van der Waals surface area contributed by atoms with Gasteiger partial charge in [0, 0.05) is 16.9 Å². The summed E-state index contributed by atoms with van der Waals surface area (Å²) in [6.07, 6.45) is -0.0764. The van der Waals surface area contributed by atoms with Crippen molar-refractivity contribution in [3.63, 3.8) is 0 Å². The van der Waals surface area contributed by atoms with Gasteiger partial charge in [-0.2, -0.15) is 11.8 Å². The largest absolute Gasteiger partial charge is 0.392 e. The minimum absolute atomic E-state index is 0.0764. The van der Waals surface area contributed by atoms with E-state index in [1.807, 2.05) is 11.8 Å². The van der Waals surface area contributed by atoms with Crippen molar-refractivity contribution < 1.29 is 5.11 Å². The van der Waals surface area contributed by atoms with Gasteiger partial charge in [0.25, 0.3) is 0 Å². The summed E-state index contributed by atoms with van der Waals surface area (Å²) in [5, 5.41) is 9.24. The second kappa shape index (κ2) is 1.92. The summed E-state index contributed by atoms with van der Waals surface area (Å²) in [4.78, 5) is 0. The van der Waals surface area contributed by atoms with E-state index in [0.717, 1.165) is 11.5 Å². The lowest BCUT2D eigenvalue weighted by Crippen LogP contribution is -2.26. The molecule has 1 heterocycles. The Morgan fingerprint density at radius 2 is 2.25 bits per heavy atom. The first-order valence-electron chi connectivity index (χ1n) is 2.89. The topological polar surface area (TPSA) is 20.2 Å². The highest BCUT2D eigenvalue weighted by Crippen LogP contribution is 2.34. The van der Waals surface area contributed by atoms with Crippen molar-refractivity contribution in [2.45, 2.75) is 20.0 Å². The van der Waals surface area contributed by atoms with Gasteiger partial charge in [0.05, 0.1) is 6.10 Å². The number of hydrogen-bond acceptors (Lipinski definition) is 2. The van der Waals surface area contributed by atoms with Crippen LogP contribution in [0.1, 0.15) is 13.8 Å². The van der Waals surface area contributed by atoms with Gasteiger partial charge in [-0.25, -0.2) is 0 Å². The van der Waals surface area contributed by atoms with Crippen LogP contribution in [0, 0.1) is 5.41 Å². The maximum absolute atomic E-state index is 9.24. The lowest BCUT2D eigenvalue weighted by Gasteiger charge is -2.19. The molecule has 0 aromatic rings. The molecular formula is C6H12OS. The number of hydrogen-bond donors (Lipinski definition) is 1. The van der Waals surface area contributed by atoms with Crippen LogP contribution in [0.4, 0.5) is 0 Å². The fraction of sp³-hybridized carbons (Fsp3) is 1.00. The molecule has 1 unspecified atom stereocenters. The van der Waals surface area contributed by atoms with Gasteiger partial charge in [-0.15, -0.1) is 0 Å². The van der Waals surface area contributed by atoms with Crippen LogP contribution in [-0.2, 0) is 0 Å². The third kappa shape index (κ3) is 1.00. The van der Waals surface area contributed by atoms with Crippen LogP contribution >= 0.6 is 11.8 Å². The molecule has 8 heavy (non-hydrogen) atoms. The van der Waals surface area contributed by atoms with Crippen molar-refractivity contribution in [2.75, 3.05) is 11.5 Å². The van der Waals surface area contributed by atoms with Crippen molar-refractivity contribution >= 4 is 11.8 Å². The maximum atomic E-state index is 9.24. The van der Waals surface area contributed by atoms with Gasteiger partial charge in [-0.05, 0) is 0 Å². The minimum Gasteiger partial charge on any atom is -0.392 e. The zero-order valence-corrected chi connectivity index (χ0v) is 6.16. The Kier molecular flexibility index (Phi) is 1.54. The Morgan fingerprint density at radius 1 is 1.62 bits per heavy atom. The second-order valence-corrected chi connectivity index (χ2v) is 4.05. The fourth-order valence-electron chi connectivity index (χ4n) is 0.755. The molecule has 0 bridgehead atoms. The molecule has 0 spiro atoms. The summed E-state index contributed by atoms with van der Waals surface area (Å²) in [6.45, 7) is 4.22. The molecule has 2 heteroatoms. The predicted molar refractivity (Wildman–Crippen MR) is 37.1 cm³/mol. The Hall–Kier alpha value is 0.310. The van der Waals surface area contributed by atoms with E-state index in [1.54, 1.807) is 0 Å². The van der Waals surface area contributed by atoms with Crippen LogP contribution in [0.5, 0.6) is 0 Å². The normalized spacial score (nSPS) is 35.6. The molecule has 1 aliphatic rings. The first kappa shape index (κ1) is 6.43. The molecule has 48 valence electrons. The smallest absolute Gasteiger partial charge is 0.0689 e. The molecule has 0 aromatic carbocycles. The second-order valence-electron chi connectivity index (χ2n) is 3.02. The number of thioether (sulfide) groups is 1. The quantitative estimate of drug-likeness (QED) is 0.533. The first-order valence-corrected chi connectivity index (χ1v) is 4.04. The van der Waals surface area contributed by atoms with E-state index in [1.165, 1.54) is 0 Å². The zero-order chi connectivity index (χ0) is 6.20. The average molecular weight is 132 g/mol. The Labute approximate surface area is 54.5 Å². The summed E-state index contributed by atoms with van der Waals surface area (Å²) >= 11 is 1.84. The molecule has 1 N–H and O–H groups in total. The van der Waals surface area contributed by atoms with E-state index in [9.17, 15) is 5.11 Å². The summed E-state index contributed by atoms with van der Waals surface area (Å²) in [5.74, 6) is 2.03. The lowest BCUT2D eigenvalue weighted by molar-refractivity contribution is 0.0966. The predicted octanol–water partition coefficient (Wildman–Crippen LogP) is 1.12. The van der Waals surface area contributed by atoms with Gasteiger partial charge in [-0.1, -0.05) is 13.8 Å². The van der Waals surface area contributed by atoms with Gasteiger partial charge < -0.3 is 5.11 Å². The molecule has 0 aromatic heterocycles. The van der Waals surface area contributed by atoms with Crippen LogP contribution in [0.2, 0.25) is 0 Å². The Balaban J connectivity index is 2.54. The van der Waals surface area contributed by atoms with E-state index in [2.05, 4.69) is 13.8 Å². The molecule has 0 saturated carbocycles. The van der Waals surface area contributed by atoms with E-state index >= 15 is 0 Å². The van der Waals surface area contributed by atoms with Gasteiger partial charge in [0.2, 0.25) is 0 Å². The van der Waals surface area contributed by atoms with Crippen molar-refractivity contribution in [3.8, 4) is 0 Å². The fourth-order valence-corrected chi connectivity index (χ4v) is 2.27. The van der Waals surface area contributed by atoms with Gasteiger partial charge in [0.1, 0.15) is 0 Å². The average Bonchev–Trinajstić information content (AvgIpc) is 1.86. The van der Waals surface area contributed by atoms with E-state index in [4.69, 9.17) is 0 Å². The van der Waals surface area contributed by atoms with Crippen LogP contribution in [0.25, 0.3) is 0 Å². The summed E-state index contributed by atoms with van der Waals surface area (Å²) in [6, 6.07) is 0. The minimum atomic E-state index is -0.0764. The van der Waals surface area contributed by atoms with Gasteiger partial charge in [-0.3, -0.25) is 0 Å². The van der Waals surface area contributed by atoms with Gasteiger partial charge in [0.15, 0.2) is 0 Å². The lowest BCUT2D eigenvalue weighted by atomic mass is 9.91. The molecule has 1 aliphatic heterocycles. The van der Waals surface area contributed by atoms with E-state index in [0.29, 0.717) is 0 Å². The molecule has 1 fully saturated rings. The van der Waals surface area contributed by atoms with Crippen LogP contribution in [0.15, 0.2) is 0 Å². The Morgan fingerprint density at radius 3 is 2.38 bits per heavy atom. The summed E-state index contributed by atoms with van der Waals surface area (Å²) in [5.41, 5.74) is 0.171. The molecule has 1 nitrogen and oxygen atoms in total. The molecule has 0 aliphatic carbocycles. The van der Waals surface area contributed by atoms with E-state index < -0.39 is 0 Å². The highest BCUT2D eigenvalue weighted by atomic mass is 32.2. The standard InChI is InChI=1S/C6H12OS/c1-6(2)4-8-3-5(6)7/h5,7H,3-4H2,1-2H3. The molecule has 1 saturated heterocycles. The third-order valence-electron chi connectivity index (χ3n) is 1.65. The molecule has 1 rings (SSSR count). The summed E-state index contributed by atoms with van der Waals surface area (Å²) < 4.78 is 0.